The summed E-state index contributed by atoms with van der Waals surface area (Å²) in [6, 6.07) is 4.12. The monoisotopic (exact) mass is 435 g/mol. The van der Waals surface area contributed by atoms with Crippen LogP contribution in [0, 0.1) is 5.92 Å². The molecule has 0 aromatic heterocycles. The van der Waals surface area contributed by atoms with Gasteiger partial charge in [-0.05, 0) is 49.5 Å². The molecule has 0 bridgehead atoms. The first kappa shape index (κ1) is 25.1. The molecule has 1 aromatic rings. The average Bonchev–Trinajstić information content (AvgIpc) is 2.69. The molecule has 1 N–H and O–H groups in total. The maximum absolute atomic E-state index is 5.47. The molecular weight excluding hydrogens is 401 g/mol. The lowest BCUT2D eigenvalue weighted by atomic mass is 9.97. The van der Waals surface area contributed by atoms with E-state index in [0.717, 1.165) is 50.1 Å². The molecule has 2 aliphatic rings. The first-order valence-corrected chi connectivity index (χ1v) is 9.67. The van der Waals surface area contributed by atoms with E-state index in [2.05, 4.69) is 27.2 Å². The predicted octanol–water partition coefficient (Wildman–Crippen LogP) is 2.67. The predicted molar refractivity (Wildman–Crippen MR) is 118 cm³/mol. The summed E-state index contributed by atoms with van der Waals surface area (Å²) in [5, 5.41) is 3.46. The van der Waals surface area contributed by atoms with Gasteiger partial charge < -0.3 is 24.4 Å². The molecule has 2 saturated heterocycles. The number of ether oxygens (including phenoxy) is 3. The van der Waals surface area contributed by atoms with Crippen LogP contribution < -0.4 is 19.5 Å². The van der Waals surface area contributed by atoms with Gasteiger partial charge in [-0.15, -0.1) is 24.8 Å². The van der Waals surface area contributed by atoms with E-state index in [1.165, 1.54) is 38.0 Å². The number of benzene rings is 1. The first-order valence-electron chi connectivity index (χ1n) is 9.67. The van der Waals surface area contributed by atoms with E-state index in [0.29, 0.717) is 5.75 Å². The Balaban J connectivity index is 0.00000196. The molecule has 2 heterocycles. The Kier molecular flexibility index (Phi) is 11.3. The highest BCUT2D eigenvalue weighted by Crippen LogP contribution is 2.38. The van der Waals surface area contributed by atoms with Gasteiger partial charge in [-0.2, -0.15) is 0 Å². The lowest BCUT2D eigenvalue weighted by molar-refractivity contribution is 0.107. The molecule has 0 aliphatic carbocycles. The standard InChI is InChI=1S/C20H33N3O3.2ClH/c1-24-18-12-17(13-19(25-2)20(18)26-3)15-23-10-8-22(9-11-23)14-16-4-6-21-7-5-16;;/h12-13,16,21H,4-11,14-15H2,1-3H3;2*1H. The van der Waals surface area contributed by atoms with Crippen molar-refractivity contribution in [2.75, 3.05) is 67.1 Å². The third-order valence-electron chi connectivity index (χ3n) is 5.57. The van der Waals surface area contributed by atoms with Gasteiger partial charge in [0.25, 0.3) is 0 Å². The molecule has 2 fully saturated rings. The molecule has 0 amide bonds. The second kappa shape index (κ2) is 12.6. The highest BCUT2D eigenvalue weighted by atomic mass is 35.5. The number of halogens is 2. The number of piperazine rings is 1. The van der Waals surface area contributed by atoms with Crippen LogP contribution in [0.2, 0.25) is 0 Å². The fourth-order valence-corrected chi connectivity index (χ4v) is 4.04. The average molecular weight is 436 g/mol. The van der Waals surface area contributed by atoms with Crippen LogP contribution in [0.15, 0.2) is 12.1 Å². The van der Waals surface area contributed by atoms with Gasteiger partial charge in [-0.1, -0.05) is 0 Å². The summed E-state index contributed by atoms with van der Waals surface area (Å²) in [6.45, 7) is 9.10. The zero-order valence-corrected chi connectivity index (χ0v) is 18.9. The quantitative estimate of drug-likeness (QED) is 0.709. The maximum atomic E-state index is 5.47. The molecular formula is C20H35Cl2N3O3. The molecule has 0 atom stereocenters. The van der Waals surface area contributed by atoms with E-state index in [1.54, 1.807) is 21.3 Å². The number of hydrogen-bond donors (Lipinski definition) is 1. The molecule has 0 spiro atoms. The van der Waals surface area contributed by atoms with E-state index < -0.39 is 0 Å². The smallest absolute Gasteiger partial charge is 0.203 e. The van der Waals surface area contributed by atoms with Crippen LogP contribution in [0.25, 0.3) is 0 Å². The van der Waals surface area contributed by atoms with Crippen molar-refractivity contribution < 1.29 is 14.2 Å². The molecule has 0 saturated carbocycles. The third kappa shape index (κ3) is 6.56. The normalized spacial score (nSPS) is 18.7. The Labute approximate surface area is 181 Å². The zero-order chi connectivity index (χ0) is 18.4. The largest absolute Gasteiger partial charge is 0.493 e. The number of nitrogens with zero attached hydrogens (tertiary/aromatic N) is 2. The molecule has 8 heteroatoms. The molecule has 0 unspecified atom stereocenters. The van der Waals surface area contributed by atoms with Crippen LogP contribution in [0.3, 0.4) is 0 Å². The summed E-state index contributed by atoms with van der Waals surface area (Å²) in [6.07, 6.45) is 2.65. The molecule has 2 aliphatic heterocycles. The highest BCUT2D eigenvalue weighted by molar-refractivity contribution is 5.85. The molecule has 0 radical (unpaired) electrons. The summed E-state index contributed by atoms with van der Waals surface area (Å²) in [7, 11) is 4.98. The fraction of sp³-hybridized carbons (Fsp3) is 0.700. The van der Waals surface area contributed by atoms with Gasteiger partial charge in [-0.3, -0.25) is 4.90 Å². The van der Waals surface area contributed by atoms with Crippen LogP contribution >= 0.6 is 24.8 Å². The van der Waals surface area contributed by atoms with Gasteiger partial charge in [-0.25, -0.2) is 0 Å². The Hall–Kier alpha value is -0.920. The van der Waals surface area contributed by atoms with Crippen molar-refractivity contribution in [3.63, 3.8) is 0 Å². The third-order valence-corrected chi connectivity index (χ3v) is 5.57. The number of piperidine rings is 1. The minimum atomic E-state index is 0. The van der Waals surface area contributed by atoms with Gasteiger partial charge in [0.2, 0.25) is 5.75 Å². The van der Waals surface area contributed by atoms with E-state index in [1.807, 2.05) is 0 Å². The van der Waals surface area contributed by atoms with Crippen LogP contribution in [-0.2, 0) is 6.54 Å². The number of nitrogens with one attached hydrogen (secondary N) is 1. The fourth-order valence-electron chi connectivity index (χ4n) is 4.04. The van der Waals surface area contributed by atoms with Gasteiger partial charge in [0.05, 0.1) is 21.3 Å². The van der Waals surface area contributed by atoms with Crippen molar-refractivity contribution in [2.45, 2.75) is 19.4 Å². The van der Waals surface area contributed by atoms with E-state index in [-0.39, 0.29) is 24.8 Å². The number of methoxy groups -OCH3 is 3. The van der Waals surface area contributed by atoms with E-state index in [9.17, 15) is 0 Å². The lowest BCUT2D eigenvalue weighted by Gasteiger charge is -2.37. The molecule has 6 nitrogen and oxygen atoms in total. The van der Waals surface area contributed by atoms with Crippen LogP contribution in [0.1, 0.15) is 18.4 Å². The van der Waals surface area contributed by atoms with Crippen molar-refractivity contribution in [3.05, 3.63) is 17.7 Å². The maximum Gasteiger partial charge on any atom is 0.203 e. The molecule has 28 heavy (non-hydrogen) atoms. The number of hydrogen-bond acceptors (Lipinski definition) is 6. The summed E-state index contributed by atoms with van der Waals surface area (Å²) in [5.74, 6) is 2.99. The molecule has 3 rings (SSSR count). The van der Waals surface area contributed by atoms with Crippen molar-refractivity contribution in [3.8, 4) is 17.2 Å². The summed E-state index contributed by atoms with van der Waals surface area (Å²) < 4.78 is 16.4. The SMILES string of the molecule is COc1cc(CN2CCN(CC3CCNCC3)CC2)cc(OC)c1OC.Cl.Cl. The lowest BCUT2D eigenvalue weighted by Crippen LogP contribution is -2.48. The van der Waals surface area contributed by atoms with E-state index >= 15 is 0 Å². The van der Waals surface area contributed by atoms with Gasteiger partial charge in [0.15, 0.2) is 11.5 Å². The number of rotatable bonds is 7. The van der Waals surface area contributed by atoms with Crippen molar-refractivity contribution in [2.24, 2.45) is 5.92 Å². The van der Waals surface area contributed by atoms with Crippen molar-refractivity contribution in [1.82, 2.24) is 15.1 Å². The molecule has 162 valence electrons. The summed E-state index contributed by atoms with van der Waals surface area (Å²) in [4.78, 5) is 5.15. The summed E-state index contributed by atoms with van der Waals surface area (Å²) >= 11 is 0. The Morgan fingerprint density at radius 1 is 0.857 bits per heavy atom. The minimum absolute atomic E-state index is 0. The second-order valence-corrected chi connectivity index (χ2v) is 7.30. The Morgan fingerprint density at radius 2 is 1.39 bits per heavy atom. The van der Waals surface area contributed by atoms with Crippen molar-refractivity contribution >= 4 is 24.8 Å². The van der Waals surface area contributed by atoms with Gasteiger partial charge in [0, 0.05) is 39.3 Å². The topological polar surface area (TPSA) is 46.2 Å². The minimum Gasteiger partial charge on any atom is -0.493 e. The van der Waals surface area contributed by atoms with Crippen molar-refractivity contribution in [1.29, 1.82) is 0 Å². The van der Waals surface area contributed by atoms with Crippen LogP contribution in [-0.4, -0.2) is 76.9 Å². The Morgan fingerprint density at radius 3 is 1.89 bits per heavy atom. The van der Waals surface area contributed by atoms with Crippen LogP contribution in [0.5, 0.6) is 17.2 Å². The first-order chi connectivity index (χ1) is 12.7. The van der Waals surface area contributed by atoms with Gasteiger partial charge in [0.1, 0.15) is 0 Å². The zero-order valence-electron chi connectivity index (χ0n) is 17.2. The van der Waals surface area contributed by atoms with Gasteiger partial charge >= 0.3 is 0 Å². The summed E-state index contributed by atoms with van der Waals surface area (Å²) in [5.41, 5.74) is 1.20. The van der Waals surface area contributed by atoms with E-state index in [4.69, 9.17) is 14.2 Å². The Bertz CT molecular complexity index is 553. The van der Waals surface area contributed by atoms with Crippen LogP contribution in [0.4, 0.5) is 0 Å². The second-order valence-electron chi connectivity index (χ2n) is 7.30. The molecule has 1 aromatic carbocycles. The highest BCUT2D eigenvalue weighted by Gasteiger charge is 2.22.